The van der Waals surface area contributed by atoms with E-state index in [9.17, 15) is 4.79 Å². The van der Waals surface area contributed by atoms with Crippen LogP contribution in [0.2, 0.25) is 0 Å². The van der Waals surface area contributed by atoms with E-state index in [0.29, 0.717) is 13.2 Å². The third-order valence-corrected chi connectivity index (χ3v) is 3.50. The lowest BCUT2D eigenvalue weighted by atomic mass is 10.1. The van der Waals surface area contributed by atoms with Crippen molar-refractivity contribution in [1.29, 1.82) is 0 Å². The average Bonchev–Trinajstić information content (AvgIpc) is 2.45. The lowest BCUT2D eigenvalue weighted by Crippen LogP contribution is -2.44. The average molecular weight is 279 g/mol. The number of aliphatic carboxylic acids is 1. The molecule has 1 aliphatic rings. The van der Waals surface area contributed by atoms with E-state index in [1.54, 1.807) is 7.11 Å². The second-order valence-electron chi connectivity index (χ2n) is 4.99. The van der Waals surface area contributed by atoms with Gasteiger partial charge in [0.1, 0.15) is 5.75 Å². The van der Waals surface area contributed by atoms with Gasteiger partial charge in [0, 0.05) is 19.6 Å². The topological polar surface area (TPSA) is 59.0 Å². The summed E-state index contributed by atoms with van der Waals surface area (Å²) in [7, 11) is 1.66. The summed E-state index contributed by atoms with van der Waals surface area (Å²) in [4.78, 5) is 13.0. The Kier molecular flexibility index (Phi) is 5.38. The van der Waals surface area contributed by atoms with Gasteiger partial charge in [0.15, 0.2) is 0 Å². The predicted octanol–water partition coefficient (Wildman–Crippen LogP) is 1.41. The molecule has 0 bridgehead atoms. The van der Waals surface area contributed by atoms with Crippen LogP contribution >= 0.6 is 0 Å². The molecule has 1 atom stereocenters. The Morgan fingerprint density at radius 1 is 1.45 bits per heavy atom. The van der Waals surface area contributed by atoms with Gasteiger partial charge in [-0.25, -0.2) is 0 Å². The van der Waals surface area contributed by atoms with E-state index in [0.717, 1.165) is 25.3 Å². The smallest absolute Gasteiger partial charge is 0.306 e. The highest BCUT2D eigenvalue weighted by atomic mass is 16.5. The van der Waals surface area contributed by atoms with Gasteiger partial charge < -0.3 is 14.6 Å². The summed E-state index contributed by atoms with van der Waals surface area (Å²) in [5.41, 5.74) is 1.26. The summed E-state index contributed by atoms with van der Waals surface area (Å²) in [5.74, 6) is 0.0636. The van der Waals surface area contributed by atoms with Crippen molar-refractivity contribution in [3.05, 3.63) is 29.8 Å². The van der Waals surface area contributed by atoms with Crippen LogP contribution in [0.5, 0.6) is 5.75 Å². The zero-order chi connectivity index (χ0) is 14.4. The molecular weight excluding hydrogens is 258 g/mol. The molecule has 0 spiro atoms. The number of carboxylic acid groups (broad SMARTS) is 1. The van der Waals surface area contributed by atoms with Crippen molar-refractivity contribution >= 4 is 5.97 Å². The first kappa shape index (κ1) is 14.8. The number of morpholine rings is 1. The summed E-state index contributed by atoms with van der Waals surface area (Å²) in [6.07, 6.45) is 0.847. The predicted molar refractivity (Wildman–Crippen MR) is 75.1 cm³/mol. The minimum absolute atomic E-state index is 0.0824. The fourth-order valence-electron chi connectivity index (χ4n) is 2.38. The first-order valence-electron chi connectivity index (χ1n) is 6.86. The van der Waals surface area contributed by atoms with Gasteiger partial charge >= 0.3 is 5.97 Å². The lowest BCUT2D eigenvalue weighted by molar-refractivity contribution is -0.142. The first-order chi connectivity index (χ1) is 9.67. The second-order valence-corrected chi connectivity index (χ2v) is 4.99. The molecule has 5 nitrogen and oxygen atoms in total. The van der Waals surface area contributed by atoms with Crippen molar-refractivity contribution in [3.63, 3.8) is 0 Å². The van der Waals surface area contributed by atoms with E-state index in [4.69, 9.17) is 14.6 Å². The van der Waals surface area contributed by atoms with E-state index >= 15 is 0 Å². The molecule has 0 aliphatic carbocycles. The SMILES string of the molecule is COc1ccc(CCN2CCOC(CC(=O)O)C2)cc1. The molecule has 0 saturated carbocycles. The Labute approximate surface area is 119 Å². The van der Waals surface area contributed by atoms with E-state index in [-0.39, 0.29) is 12.5 Å². The molecule has 0 radical (unpaired) electrons. The summed E-state index contributed by atoms with van der Waals surface area (Å²) < 4.78 is 10.6. The molecule has 1 aromatic rings. The molecule has 1 heterocycles. The Morgan fingerprint density at radius 3 is 2.85 bits per heavy atom. The molecule has 1 aromatic carbocycles. The minimum atomic E-state index is -0.799. The molecular formula is C15H21NO4. The molecule has 5 heteroatoms. The van der Waals surface area contributed by atoms with Crippen LogP contribution in [0, 0.1) is 0 Å². The Bertz CT molecular complexity index is 432. The number of nitrogens with zero attached hydrogens (tertiary/aromatic N) is 1. The van der Waals surface area contributed by atoms with Gasteiger partial charge in [-0.1, -0.05) is 12.1 Å². The molecule has 1 unspecified atom stereocenters. The molecule has 2 rings (SSSR count). The summed E-state index contributed by atoms with van der Waals surface area (Å²) in [6, 6.07) is 8.05. The van der Waals surface area contributed by atoms with Crippen molar-refractivity contribution < 1.29 is 19.4 Å². The van der Waals surface area contributed by atoms with Crippen molar-refractivity contribution in [2.75, 3.05) is 33.4 Å². The van der Waals surface area contributed by atoms with Crippen LogP contribution < -0.4 is 4.74 Å². The van der Waals surface area contributed by atoms with E-state index in [2.05, 4.69) is 17.0 Å². The first-order valence-corrected chi connectivity index (χ1v) is 6.86. The number of carbonyl (C=O) groups is 1. The molecule has 1 N–H and O–H groups in total. The Balaban J connectivity index is 1.79. The van der Waals surface area contributed by atoms with Crippen LogP contribution in [-0.4, -0.2) is 55.4 Å². The highest BCUT2D eigenvalue weighted by molar-refractivity contribution is 5.67. The van der Waals surface area contributed by atoms with Crippen LogP contribution in [0.4, 0.5) is 0 Å². The number of benzene rings is 1. The summed E-state index contributed by atoms with van der Waals surface area (Å²) in [6.45, 7) is 3.10. The van der Waals surface area contributed by atoms with Gasteiger partial charge in [-0.15, -0.1) is 0 Å². The van der Waals surface area contributed by atoms with Gasteiger partial charge in [-0.05, 0) is 24.1 Å². The molecule has 1 saturated heterocycles. The monoisotopic (exact) mass is 279 g/mol. The Morgan fingerprint density at radius 2 is 2.20 bits per heavy atom. The molecule has 110 valence electrons. The van der Waals surface area contributed by atoms with Gasteiger partial charge in [0.25, 0.3) is 0 Å². The fourth-order valence-corrected chi connectivity index (χ4v) is 2.38. The van der Waals surface area contributed by atoms with E-state index in [1.807, 2.05) is 12.1 Å². The number of carboxylic acids is 1. The maximum Gasteiger partial charge on any atom is 0.306 e. The molecule has 0 amide bonds. The number of rotatable bonds is 6. The summed E-state index contributed by atoms with van der Waals surface area (Å²) >= 11 is 0. The van der Waals surface area contributed by atoms with Crippen LogP contribution in [0.3, 0.4) is 0 Å². The number of methoxy groups -OCH3 is 1. The maximum atomic E-state index is 10.7. The zero-order valence-electron chi connectivity index (χ0n) is 11.7. The van der Waals surface area contributed by atoms with E-state index in [1.165, 1.54) is 5.56 Å². The van der Waals surface area contributed by atoms with Gasteiger partial charge in [-0.2, -0.15) is 0 Å². The second kappa shape index (κ2) is 7.26. The van der Waals surface area contributed by atoms with E-state index < -0.39 is 5.97 Å². The van der Waals surface area contributed by atoms with Crippen molar-refractivity contribution in [2.24, 2.45) is 0 Å². The van der Waals surface area contributed by atoms with Gasteiger partial charge in [-0.3, -0.25) is 9.69 Å². The van der Waals surface area contributed by atoms with Crippen molar-refractivity contribution in [1.82, 2.24) is 4.90 Å². The molecule has 1 aliphatic heterocycles. The largest absolute Gasteiger partial charge is 0.497 e. The van der Waals surface area contributed by atoms with Crippen LogP contribution in [0.25, 0.3) is 0 Å². The normalized spacial score (nSPS) is 19.8. The highest BCUT2D eigenvalue weighted by Gasteiger charge is 2.22. The number of hydrogen-bond acceptors (Lipinski definition) is 4. The zero-order valence-corrected chi connectivity index (χ0v) is 11.7. The standard InChI is InChI=1S/C15H21NO4/c1-19-13-4-2-12(3-5-13)6-7-16-8-9-20-14(11-16)10-15(17)18/h2-5,14H,6-11H2,1H3,(H,17,18). The number of hydrogen-bond donors (Lipinski definition) is 1. The molecule has 20 heavy (non-hydrogen) atoms. The van der Waals surface area contributed by atoms with Crippen molar-refractivity contribution in [3.8, 4) is 5.75 Å². The molecule has 1 fully saturated rings. The maximum absolute atomic E-state index is 10.7. The van der Waals surface area contributed by atoms with Crippen LogP contribution in [0.1, 0.15) is 12.0 Å². The van der Waals surface area contributed by atoms with Crippen LogP contribution in [0.15, 0.2) is 24.3 Å². The summed E-state index contributed by atoms with van der Waals surface area (Å²) in [5, 5.41) is 8.80. The Hall–Kier alpha value is -1.59. The van der Waals surface area contributed by atoms with Gasteiger partial charge in [0.05, 0.1) is 26.2 Å². The highest BCUT2D eigenvalue weighted by Crippen LogP contribution is 2.13. The quantitative estimate of drug-likeness (QED) is 0.853. The minimum Gasteiger partial charge on any atom is -0.497 e. The van der Waals surface area contributed by atoms with Crippen LogP contribution in [-0.2, 0) is 16.0 Å². The third kappa shape index (κ3) is 4.51. The fraction of sp³-hybridized carbons (Fsp3) is 0.533. The molecule has 0 aromatic heterocycles. The lowest BCUT2D eigenvalue weighted by Gasteiger charge is -2.32. The van der Waals surface area contributed by atoms with Gasteiger partial charge in [0.2, 0.25) is 0 Å². The third-order valence-electron chi connectivity index (χ3n) is 3.50. The van der Waals surface area contributed by atoms with Crippen molar-refractivity contribution in [2.45, 2.75) is 18.9 Å². The number of ether oxygens (including phenoxy) is 2.